The van der Waals surface area contributed by atoms with Crippen LogP contribution in [0.2, 0.25) is 0 Å². The first-order valence-electron chi connectivity index (χ1n) is 9.71. The van der Waals surface area contributed by atoms with E-state index < -0.39 is 24.0 Å². The van der Waals surface area contributed by atoms with E-state index in [2.05, 4.69) is 10.3 Å². The quantitative estimate of drug-likeness (QED) is 0.500. The van der Waals surface area contributed by atoms with Gasteiger partial charge in [-0.15, -0.1) is 0 Å². The first-order chi connectivity index (χ1) is 14.5. The minimum Gasteiger partial charge on any atom is -0.480 e. The zero-order valence-electron chi connectivity index (χ0n) is 16.2. The summed E-state index contributed by atoms with van der Waals surface area (Å²) in [6.07, 6.45) is 2.91. The number of carbonyl (C=O) groups excluding carboxylic acids is 2. The summed E-state index contributed by atoms with van der Waals surface area (Å²) in [6, 6.07) is 12.6. The van der Waals surface area contributed by atoms with E-state index in [4.69, 9.17) is 5.73 Å². The molecule has 0 saturated carbocycles. The molecule has 2 aromatic carbocycles. The van der Waals surface area contributed by atoms with Crippen LogP contribution >= 0.6 is 0 Å². The molecule has 0 radical (unpaired) electrons. The lowest BCUT2D eigenvalue weighted by molar-refractivity contribution is -0.144. The van der Waals surface area contributed by atoms with E-state index in [1.165, 1.54) is 0 Å². The summed E-state index contributed by atoms with van der Waals surface area (Å²) in [5.41, 5.74) is 7.87. The number of fused-ring (bicyclic) bond motifs is 1. The van der Waals surface area contributed by atoms with Gasteiger partial charge in [0.15, 0.2) is 0 Å². The van der Waals surface area contributed by atoms with Crippen LogP contribution in [0.4, 0.5) is 5.69 Å². The van der Waals surface area contributed by atoms with E-state index in [-0.39, 0.29) is 5.91 Å². The maximum absolute atomic E-state index is 12.4. The van der Waals surface area contributed by atoms with Crippen molar-refractivity contribution in [1.82, 2.24) is 9.88 Å². The van der Waals surface area contributed by atoms with E-state index >= 15 is 0 Å². The van der Waals surface area contributed by atoms with E-state index in [1.54, 1.807) is 53.6 Å². The van der Waals surface area contributed by atoms with Crippen LogP contribution in [-0.4, -0.2) is 45.4 Å². The number of likely N-dealkylation sites (tertiary alicyclic amines) is 1. The van der Waals surface area contributed by atoms with E-state index in [9.17, 15) is 19.5 Å². The Hall–Kier alpha value is -3.65. The van der Waals surface area contributed by atoms with Crippen molar-refractivity contribution < 1.29 is 19.5 Å². The van der Waals surface area contributed by atoms with Gasteiger partial charge in [0, 0.05) is 40.5 Å². The lowest BCUT2D eigenvalue weighted by Gasteiger charge is -2.28. The molecule has 1 aliphatic rings. The third kappa shape index (κ3) is 3.65. The number of hydrogen-bond donors (Lipinski definition) is 4. The standard InChI is InChI=1S/C22H22N4O4/c23-20(27)18-7-4-10-26(18)19(22(29)30)16-12-24-17-11-14(8-9-15(16)17)25-21(28)13-5-2-1-3-6-13/h1-3,5-6,8-9,11-12,18-19,24H,4,7,10H2,(H2,23,27)(H,25,28)(H,29,30)/t18-,19+/m0/s1. The second-order valence-corrected chi connectivity index (χ2v) is 7.36. The van der Waals surface area contributed by atoms with Gasteiger partial charge in [-0.2, -0.15) is 0 Å². The largest absolute Gasteiger partial charge is 0.480 e. The molecule has 1 fully saturated rings. The van der Waals surface area contributed by atoms with Gasteiger partial charge in [0.25, 0.3) is 5.91 Å². The summed E-state index contributed by atoms with van der Waals surface area (Å²) < 4.78 is 0. The molecule has 0 spiro atoms. The number of benzene rings is 2. The van der Waals surface area contributed by atoms with Gasteiger partial charge in [-0.3, -0.25) is 19.3 Å². The number of aromatic nitrogens is 1. The minimum absolute atomic E-state index is 0.230. The van der Waals surface area contributed by atoms with Crippen molar-refractivity contribution >= 4 is 34.4 Å². The van der Waals surface area contributed by atoms with Crippen molar-refractivity contribution in [2.45, 2.75) is 24.9 Å². The summed E-state index contributed by atoms with van der Waals surface area (Å²) in [5, 5.41) is 13.5. The van der Waals surface area contributed by atoms with Crippen LogP contribution in [-0.2, 0) is 9.59 Å². The topological polar surface area (TPSA) is 129 Å². The fraction of sp³-hybridized carbons (Fsp3) is 0.227. The Morgan fingerprint density at radius 1 is 1.17 bits per heavy atom. The maximum Gasteiger partial charge on any atom is 0.325 e. The van der Waals surface area contributed by atoms with Crippen LogP contribution in [0, 0.1) is 0 Å². The molecule has 0 bridgehead atoms. The van der Waals surface area contributed by atoms with Crippen LogP contribution < -0.4 is 11.1 Å². The van der Waals surface area contributed by atoms with Crippen molar-refractivity contribution in [3.05, 3.63) is 65.9 Å². The Morgan fingerprint density at radius 3 is 2.63 bits per heavy atom. The lowest BCUT2D eigenvalue weighted by atomic mass is 10.0. The molecule has 8 heteroatoms. The summed E-state index contributed by atoms with van der Waals surface area (Å²) in [7, 11) is 0. The molecule has 4 rings (SSSR count). The minimum atomic E-state index is -1.04. The molecule has 3 aromatic rings. The van der Waals surface area contributed by atoms with Gasteiger partial charge in [-0.25, -0.2) is 0 Å². The fourth-order valence-electron chi connectivity index (χ4n) is 4.10. The van der Waals surface area contributed by atoms with Gasteiger partial charge in [0.2, 0.25) is 5.91 Å². The van der Waals surface area contributed by atoms with Crippen LogP contribution in [0.1, 0.15) is 34.8 Å². The van der Waals surface area contributed by atoms with Gasteiger partial charge in [0.05, 0.1) is 6.04 Å². The molecule has 5 N–H and O–H groups in total. The predicted molar refractivity (Wildman–Crippen MR) is 112 cm³/mol. The van der Waals surface area contributed by atoms with Gasteiger partial charge in [0.1, 0.15) is 6.04 Å². The number of aromatic amines is 1. The molecule has 2 atom stereocenters. The number of nitrogens with two attached hydrogens (primary N) is 1. The molecule has 1 aliphatic heterocycles. The second-order valence-electron chi connectivity index (χ2n) is 7.36. The molecule has 2 heterocycles. The first kappa shape index (κ1) is 19.7. The van der Waals surface area contributed by atoms with E-state index in [1.807, 2.05) is 6.07 Å². The highest BCUT2D eigenvalue weighted by atomic mass is 16.4. The number of H-pyrrole nitrogens is 1. The van der Waals surface area contributed by atoms with Crippen molar-refractivity contribution in [3.8, 4) is 0 Å². The summed E-state index contributed by atoms with van der Waals surface area (Å²) in [6.45, 7) is 0.489. The molecule has 0 unspecified atom stereocenters. The maximum atomic E-state index is 12.4. The number of nitrogens with zero attached hydrogens (tertiary/aromatic N) is 1. The number of amides is 2. The van der Waals surface area contributed by atoms with Gasteiger partial charge in [-0.1, -0.05) is 24.3 Å². The summed E-state index contributed by atoms with van der Waals surface area (Å²) in [4.78, 5) is 41.0. The van der Waals surface area contributed by atoms with Crippen LogP contribution in [0.15, 0.2) is 54.7 Å². The Balaban J connectivity index is 1.63. The SMILES string of the molecule is NC(=O)[C@@H]1CCCN1[C@@H](C(=O)O)c1c[nH]c2cc(NC(=O)c3ccccc3)ccc12. The average Bonchev–Trinajstić information content (AvgIpc) is 3.36. The highest BCUT2D eigenvalue weighted by molar-refractivity contribution is 6.05. The number of aliphatic carboxylic acids is 1. The zero-order chi connectivity index (χ0) is 21.3. The second kappa shape index (κ2) is 8.00. The highest BCUT2D eigenvalue weighted by Crippen LogP contribution is 2.34. The number of carboxylic acid groups (broad SMARTS) is 1. The van der Waals surface area contributed by atoms with Gasteiger partial charge in [-0.05, 0) is 37.1 Å². The van der Waals surface area contributed by atoms with Crippen molar-refractivity contribution in [1.29, 1.82) is 0 Å². The zero-order valence-corrected chi connectivity index (χ0v) is 16.2. The molecule has 2 amide bonds. The molecule has 154 valence electrons. The molecular weight excluding hydrogens is 384 g/mol. The Kier molecular flexibility index (Phi) is 5.24. The fourth-order valence-corrected chi connectivity index (χ4v) is 4.10. The highest BCUT2D eigenvalue weighted by Gasteiger charge is 2.39. The average molecular weight is 406 g/mol. The molecule has 1 aromatic heterocycles. The normalized spacial score (nSPS) is 17.7. The number of carbonyl (C=O) groups is 3. The smallest absolute Gasteiger partial charge is 0.325 e. The Morgan fingerprint density at radius 2 is 1.93 bits per heavy atom. The van der Waals surface area contributed by atoms with Crippen molar-refractivity contribution in [2.75, 3.05) is 11.9 Å². The van der Waals surface area contributed by atoms with Crippen LogP contribution in [0.5, 0.6) is 0 Å². The number of rotatable bonds is 6. The number of nitrogens with one attached hydrogen (secondary N) is 2. The predicted octanol–water partition coefficient (Wildman–Crippen LogP) is 2.50. The molecule has 1 saturated heterocycles. The number of carboxylic acids is 1. The lowest BCUT2D eigenvalue weighted by Crippen LogP contribution is -2.44. The summed E-state index contributed by atoms with van der Waals surface area (Å²) >= 11 is 0. The number of anilines is 1. The number of primary amides is 1. The van der Waals surface area contributed by atoms with Crippen molar-refractivity contribution in [2.24, 2.45) is 5.73 Å². The first-order valence-corrected chi connectivity index (χ1v) is 9.71. The van der Waals surface area contributed by atoms with Crippen LogP contribution in [0.3, 0.4) is 0 Å². The molecule has 30 heavy (non-hydrogen) atoms. The Labute approximate surface area is 172 Å². The van der Waals surface area contributed by atoms with Gasteiger partial charge < -0.3 is 21.1 Å². The van der Waals surface area contributed by atoms with E-state index in [0.717, 1.165) is 11.8 Å². The Bertz CT molecular complexity index is 1110. The third-order valence-electron chi connectivity index (χ3n) is 5.49. The number of hydrogen-bond acceptors (Lipinski definition) is 4. The molecule has 8 nitrogen and oxygen atoms in total. The van der Waals surface area contributed by atoms with Crippen molar-refractivity contribution in [3.63, 3.8) is 0 Å². The molecule has 0 aliphatic carbocycles. The monoisotopic (exact) mass is 406 g/mol. The van der Waals surface area contributed by atoms with E-state index in [0.29, 0.717) is 35.3 Å². The molecular formula is C22H22N4O4. The van der Waals surface area contributed by atoms with Crippen LogP contribution in [0.25, 0.3) is 10.9 Å². The third-order valence-corrected chi connectivity index (χ3v) is 5.49. The summed E-state index contributed by atoms with van der Waals surface area (Å²) in [5.74, 6) is -1.78. The van der Waals surface area contributed by atoms with Gasteiger partial charge >= 0.3 is 5.97 Å².